The number of benzene rings is 1. The van der Waals surface area contributed by atoms with Crippen LogP contribution in [0.3, 0.4) is 0 Å². The lowest BCUT2D eigenvalue weighted by atomic mass is 10.0. The highest BCUT2D eigenvalue weighted by Gasteiger charge is 2.12. The highest BCUT2D eigenvalue weighted by atomic mass is 79.9. The Morgan fingerprint density at radius 1 is 1.24 bits per heavy atom. The van der Waals surface area contributed by atoms with Gasteiger partial charge in [-0.25, -0.2) is 0 Å². The van der Waals surface area contributed by atoms with Crippen LogP contribution in [0.25, 0.3) is 0 Å². The van der Waals surface area contributed by atoms with Crippen LogP contribution in [0.1, 0.15) is 51.7 Å². The molecule has 21 heavy (non-hydrogen) atoms. The van der Waals surface area contributed by atoms with Crippen molar-refractivity contribution in [3.8, 4) is 0 Å². The van der Waals surface area contributed by atoms with Crippen LogP contribution in [-0.4, -0.2) is 24.5 Å². The van der Waals surface area contributed by atoms with Gasteiger partial charge in [0, 0.05) is 23.6 Å². The Hall–Kier alpha value is -0.380. The maximum Gasteiger partial charge on any atom is 0.0244 e. The summed E-state index contributed by atoms with van der Waals surface area (Å²) in [6.45, 7) is 12.1. The van der Waals surface area contributed by atoms with Gasteiger partial charge in [0.2, 0.25) is 0 Å². The predicted molar refractivity (Wildman–Crippen MR) is 96.5 cm³/mol. The first-order chi connectivity index (χ1) is 9.93. The Morgan fingerprint density at radius 3 is 2.52 bits per heavy atom. The minimum atomic E-state index is 0.614. The second kappa shape index (κ2) is 9.60. The van der Waals surface area contributed by atoms with Gasteiger partial charge < -0.3 is 5.32 Å². The van der Waals surface area contributed by atoms with E-state index >= 15 is 0 Å². The maximum atomic E-state index is 3.73. The summed E-state index contributed by atoms with van der Waals surface area (Å²) in [5.74, 6) is 0.748. The first-order valence-corrected chi connectivity index (χ1v) is 8.91. The van der Waals surface area contributed by atoms with E-state index in [1.54, 1.807) is 0 Å². The van der Waals surface area contributed by atoms with Crippen LogP contribution < -0.4 is 5.32 Å². The van der Waals surface area contributed by atoms with Crippen molar-refractivity contribution in [2.75, 3.05) is 13.6 Å². The normalized spacial score (nSPS) is 13.1. The fraction of sp³-hybridized carbons (Fsp3) is 0.667. The summed E-state index contributed by atoms with van der Waals surface area (Å²) >= 11 is 3.73. The van der Waals surface area contributed by atoms with Crippen molar-refractivity contribution in [2.45, 2.75) is 59.7 Å². The predicted octanol–water partition coefficient (Wildman–Crippen LogP) is 4.82. The van der Waals surface area contributed by atoms with Gasteiger partial charge in [-0.15, -0.1) is 0 Å². The molecule has 1 unspecified atom stereocenters. The Balaban J connectivity index is 2.59. The number of nitrogens with zero attached hydrogens (tertiary/aromatic N) is 1. The number of nitrogens with one attached hydrogen (secondary N) is 1. The van der Waals surface area contributed by atoms with E-state index in [0.717, 1.165) is 25.6 Å². The van der Waals surface area contributed by atoms with E-state index in [9.17, 15) is 0 Å². The van der Waals surface area contributed by atoms with Crippen LogP contribution >= 0.6 is 15.9 Å². The largest absolute Gasteiger partial charge is 0.313 e. The monoisotopic (exact) mass is 354 g/mol. The van der Waals surface area contributed by atoms with E-state index in [1.165, 1.54) is 28.4 Å². The SMILES string of the molecule is CCCNCc1ccc(CN(C)C(C)CC(C)C)c(Br)c1. The smallest absolute Gasteiger partial charge is 0.0244 e. The summed E-state index contributed by atoms with van der Waals surface area (Å²) in [6.07, 6.45) is 2.42. The molecule has 1 aromatic rings. The molecule has 2 nitrogen and oxygen atoms in total. The summed E-state index contributed by atoms with van der Waals surface area (Å²) in [5, 5.41) is 3.45. The van der Waals surface area contributed by atoms with E-state index < -0.39 is 0 Å². The molecule has 1 atom stereocenters. The fourth-order valence-corrected chi connectivity index (χ4v) is 3.08. The van der Waals surface area contributed by atoms with Crippen LogP contribution in [0.2, 0.25) is 0 Å². The number of halogens is 1. The molecule has 1 rings (SSSR count). The molecule has 0 fully saturated rings. The minimum absolute atomic E-state index is 0.614. The van der Waals surface area contributed by atoms with Crippen molar-refractivity contribution in [3.63, 3.8) is 0 Å². The van der Waals surface area contributed by atoms with Crippen molar-refractivity contribution in [3.05, 3.63) is 33.8 Å². The average Bonchev–Trinajstić information content (AvgIpc) is 2.41. The molecule has 0 saturated heterocycles. The summed E-state index contributed by atoms with van der Waals surface area (Å²) in [7, 11) is 2.22. The maximum absolute atomic E-state index is 3.73. The molecule has 120 valence electrons. The zero-order chi connectivity index (χ0) is 15.8. The van der Waals surface area contributed by atoms with Crippen molar-refractivity contribution in [2.24, 2.45) is 5.92 Å². The lowest BCUT2D eigenvalue weighted by molar-refractivity contribution is 0.220. The summed E-state index contributed by atoms with van der Waals surface area (Å²) < 4.78 is 1.22. The van der Waals surface area contributed by atoms with Crippen molar-refractivity contribution in [1.29, 1.82) is 0 Å². The van der Waals surface area contributed by atoms with Gasteiger partial charge in [-0.05, 0) is 56.5 Å². The molecule has 0 saturated carbocycles. The molecular formula is C18H31BrN2. The molecule has 0 aliphatic heterocycles. The van der Waals surface area contributed by atoms with Crippen LogP contribution in [0, 0.1) is 5.92 Å². The van der Waals surface area contributed by atoms with Gasteiger partial charge in [-0.1, -0.05) is 48.8 Å². The van der Waals surface area contributed by atoms with Crippen molar-refractivity contribution >= 4 is 15.9 Å². The molecule has 3 heteroatoms. The molecule has 0 amide bonds. The van der Waals surface area contributed by atoms with E-state index in [0.29, 0.717) is 6.04 Å². The number of hydrogen-bond acceptors (Lipinski definition) is 2. The van der Waals surface area contributed by atoms with E-state index in [2.05, 4.69) is 79.1 Å². The third-order valence-corrected chi connectivity index (χ3v) is 4.60. The highest BCUT2D eigenvalue weighted by molar-refractivity contribution is 9.10. The average molecular weight is 355 g/mol. The first kappa shape index (κ1) is 18.7. The Morgan fingerprint density at radius 2 is 1.95 bits per heavy atom. The Bertz CT molecular complexity index is 418. The molecule has 1 aromatic carbocycles. The van der Waals surface area contributed by atoms with Gasteiger partial charge in [0.1, 0.15) is 0 Å². The van der Waals surface area contributed by atoms with Crippen LogP contribution in [0.4, 0.5) is 0 Å². The topological polar surface area (TPSA) is 15.3 Å². The second-order valence-corrected chi connectivity index (χ2v) is 7.35. The molecule has 0 spiro atoms. The summed E-state index contributed by atoms with van der Waals surface area (Å²) in [4.78, 5) is 2.44. The molecule has 0 aromatic heterocycles. The zero-order valence-electron chi connectivity index (χ0n) is 14.2. The van der Waals surface area contributed by atoms with Gasteiger partial charge in [0.05, 0.1) is 0 Å². The zero-order valence-corrected chi connectivity index (χ0v) is 15.8. The standard InChI is InChI=1S/C18H31BrN2/c1-6-9-20-12-16-7-8-17(18(19)11-16)13-21(5)15(4)10-14(2)3/h7-8,11,14-15,20H,6,9-10,12-13H2,1-5H3. The second-order valence-electron chi connectivity index (χ2n) is 6.50. The lowest BCUT2D eigenvalue weighted by Gasteiger charge is -2.26. The fourth-order valence-electron chi connectivity index (χ4n) is 2.53. The van der Waals surface area contributed by atoms with E-state index in [1.807, 2.05) is 0 Å². The van der Waals surface area contributed by atoms with Gasteiger partial charge >= 0.3 is 0 Å². The highest BCUT2D eigenvalue weighted by Crippen LogP contribution is 2.21. The summed E-state index contributed by atoms with van der Waals surface area (Å²) in [5.41, 5.74) is 2.71. The van der Waals surface area contributed by atoms with E-state index in [-0.39, 0.29) is 0 Å². The summed E-state index contributed by atoms with van der Waals surface area (Å²) in [6, 6.07) is 7.36. The first-order valence-electron chi connectivity index (χ1n) is 8.12. The minimum Gasteiger partial charge on any atom is -0.313 e. The van der Waals surface area contributed by atoms with Gasteiger partial charge in [0.25, 0.3) is 0 Å². The Kier molecular flexibility index (Phi) is 8.53. The number of hydrogen-bond donors (Lipinski definition) is 1. The van der Waals surface area contributed by atoms with Gasteiger partial charge in [-0.2, -0.15) is 0 Å². The molecular weight excluding hydrogens is 324 g/mol. The van der Waals surface area contributed by atoms with Crippen molar-refractivity contribution in [1.82, 2.24) is 10.2 Å². The molecule has 0 bridgehead atoms. The quantitative estimate of drug-likeness (QED) is 0.639. The van der Waals surface area contributed by atoms with E-state index in [4.69, 9.17) is 0 Å². The van der Waals surface area contributed by atoms with Crippen molar-refractivity contribution < 1.29 is 0 Å². The molecule has 0 radical (unpaired) electrons. The number of rotatable bonds is 9. The van der Waals surface area contributed by atoms with Gasteiger partial charge in [0.15, 0.2) is 0 Å². The molecule has 0 aliphatic rings. The molecule has 1 N–H and O–H groups in total. The Labute approximate surface area is 139 Å². The van der Waals surface area contributed by atoms with Crippen LogP contribution in [0.15, 0.2) is 22.7 Å². The molecule has 0 heterocycles. The lowest BCUT2D eigenvalue weighted by Crippen LogP contribution is -2.29. The molecule has 0 aliphatic carbocycles. The van der Waals surface area contributed by atoms with Gasteiger partial charge in [-0.3, -0.25) is 4.90 Å². The van der Waals surface area contributed by atoms with Crippen LogP contribution in [-0.2, 0) is 13.1 Å². The van der Waals surface area contributed by atoms with Crippen LogP contribution in [0.5, 0.6) is 0 Å². The third kappa shape index (κ3) is 6.94. The third-order valence-electron chi connectivity index (χ3n) is 3.86.